The van der Waals surface area contributed by atoms with E-state index in [1.807, 2.05) is 11.8 Å². The zero-order valence-electron chi connectivity index (χ0n) is 16.7. The Balaban J connectivity index is 1.50. The Morgan fingerprint density at radius 3 is 2.61 bits per heavy atom. The molecule has 4 aliphatic rings. The van der Waals surface area contributed by atoms with Gasteiger partial charge in [0.15, 0.2) is 0 Å². The minimum absolute atomic E-state index is 0.198. The fourth-order valence-electron chi connectivity index (χ4n) is 4.65. The van der Waals surface area contributed by atoms with Gasteiger partial charge in [0.2, 0.25) is 15.9 Å². The van der Waals surface area contributed by atoms with Crippen molar-refractivity contribution in [3.8, 4) is 0 Å². The van der Waals surface area contributed by atoms with Crippen LogP contribution in [0.1, 0.15) is 46.0 Å². The fraction of sp³-hybridized carbons (Fsp3) is 0.889. The van der Waals surface area contributed by atoms with Gasteiger partial charge >= 0.3 is 6.03 Å². The van der Waals surface area contributed by atoms with E-state index in [2.05, 4.69) is 17.0 Å². The third-order valence-electron chi connectivity index (χ3n) is 6.60. The Bertz CT molecular complexity index is 770. The van der Waals surface area contributed by atoms with Crippen LogP contribution < -0.4 is 10.0 Å². The number of rotatable bonds is 5. The molecule has 2 heterocycles. The highest BCUT2D eigenvalue weighted by Crippen LogP contribution is 2.40. The number of fused-ring (bicyclic) bond motifs is 1. The summed E-state index contributed by atoms with van der Waals surface area (Å²) in [6.45, 7) is 5.45. The van der Waals surface area contributed by atoms with Crippen molar-refractivity contribution in [2.75, 3.05) is 20.1 Å². The summed E-state index contributed by atoms with van der Waals surface area (Å²) in [7, 11) is -1.96. The topological polar surface area (TPSA) is 98.8 Å². The van der Waals surface area contributed by atoms with Crippen LogP contribution in [0.5, 0.6) is 0 Å². The summed E-state index contributed by atoms with van der Waals surface area (Å²) in [5.41, 5.74) is -0.311. The SMILES string of the molecule is CC1NCC(CN2C(=O)N(C)C(=O)C3CC(S(=O)(=O)NC4(C)CC4)CCC32)S1. The van der Waals surface area contributed by atoms with Gasteiger partial charge in [-0.2, -0.15) is 0 Å². The van der Waals surface area contributed by atoms with Gasteiger partial charge in [0.25, 0.3) is 0 Å². The molecule has 5 atom stereocenters. The Hall–Kier alpha value is -0.840. The minimum atomic E-state index is -3.47. The lowest BCUT2D eigenvalue weighted by Crippen LogP contribution is -2.64. The number of imide groups is 1. The van der Waals surface area contributed by atoms with Crippen LogP contribution in [-0.4, -0.2) is 77.7 Å². The predicted molar refractivity (Wildman–Crippen MR) is 108 cm³/mol. The summed E-state index contributed by atoms with van der Waals surface area (Å²) in [6.07, 6.45) is 3.05. The summed E-state index contributed by atoms with van der Waals surface area (Å²) in [6, 6.07) is -0.452. The predicted octanol–water partition coefficient (Wildman–Crippen LogP) is 0.941. The number of nitrogens with zero attached hydrogens (tertiary/aromatic N) is 2. The number of carbonyl (C=O) groups excluding carboxylic acids is 2. The molecule has 0 aromatic carbocycles. The zero-order chi connectivity index (χ0) is 20.3. The first kappa shape index (κ1) is 20.4. The minimum Gasteiger partial charge on any atom is -0.319 e. The average molecular weight is 431 g/mol. The average Bonchev–Trinajstić information content (AvgIpc) is 3.20. The van der Waals surface area contributed by atoms with Crippen LogP contribution in [0.15, 0.2) is 0 Å². The van der Waals surface area contributed by atoms with Crippen molar-refractivity contribution in [2.24, 2.45) is 5.92 Å². The molecule has 2 saturated carbocycles. The van der Waals surface area contributed by atoms with E-state index in [1.165, 1.54) is 11.9 Å². The second-order valence-electron chi connectivity index (χ2n) is 8.96. The van der Waals surface area contributed by atoms with E-state index >= 15 is 0 Å². The molecule has 0 aromatic rings. The Labute approximate surface area is 171 Å². The quantitative estimate of drug-likeness (QED) is 0.674. The highest BCUT2D eigenvalue weighted by atomic mass is 32.2. The molecule has 28 heavy (non-hydrogen) atoms. The van der Waals surface area contributed by atoms with Crippen molar-refractivity contribution < 1.29 is 18.0 Å². The first-order chi connectivity index (χ1) is 13.1. The number of carbonyl (C=O) groups is 2. The standard InChI is InChI=1S/C18H30N4O4S2/c1-11-19-9-12(27-11)10-22-15-5-4-13(28(25,26)20-18(2)6-7-18)8-14(15)16(23)21(3)17(22)24/h11-15,19-20H,4-10H2,1-3H3. The van der Waals surface area contributed by atoms with E-state index in [4.69, 9.17) is 0 Å². The first-order valence-electron chi connectivity index (χ1n) is 10.1. The van der Waals surface area contributed by atoms with Gasteiger partial charge in [-0.3, -0.25) is 9.69 Å². The normalized spacial score (nSPS) is 37.9. The maximum atomic E-state index is 12.8. The monoisotopic (exact) mass is 430 g/mol. The number of hydrogen-bond donors (Lipinski definition) is 2. The van der Waals surface area contributed by atoms with Gasteiger partial charge in [-0.05, 0) is 46.0 Å². The van der Waals surface area contributed by atoms with Crippen molar-refractivity contribution >= 4 is 33.7 Å². The van der Waals surface area contributed by atoms with E-state index in [-0.39, 0.29) is 29.9 Å². The number of nitrogens with one attached hydrogen (secondary N) is 2. The third kappa shape index (κ3) is 3.80. The lowest BCUT2D eigenvalue weighted by molar-refractivity contribution is -0.139. The lowest BCUT2D eigenvalue weighted by Gasteiger charge is -2.48. The highest BCUT2D eigenvalue weighted by molar-refractivity contribution is 8.00. The number of sulfonamides is 1. The van der Waals surface area contributed by atoms with E-state index in [1.54, 1.807) is 11.8 Å². The smallest absolute Gasteiger partial charge is 0.319 e. The van der Waals surface area contributed by atoms with E-state index in [0.717, 1.165) is 19.4 Å². The molecule has 4 fully saturated rings. The van der Waals surface area contributed by atoms with Crippen LogP contribution in [0, 0.1) is 5.92 Å². The van der Waals surface area contributed by atoms with Crippen molar-refractivity contribution in [3.63, 3.8) is 0 Å². The van der Waals surface area contributed by atoms with Crippen molar-refractivity contribution in [3.05, 3.63) is 0 Å². The van der Waals surface area contributed by atoms with E-state index in [0.29, 0.717) is 30.0 Å². The molecule has 4 rings (SSSR count). The molecular weight excluding hydrogens is 400 g/mol. The molecule has 2 aliphatic carbocycles. The largest absolute Gasteiger partial charge is 0.326 e. The highest BCUT2D eigenvalue weighted by Gasteiger charge is 2.51. The van der Waals surface area contributed by atoms with Crippen LogP contribution in [0.4, 0.5) is 4.79 Å². The molecule has 158 valence electrons. The summed E-state index contributed by atoms with van der Waals surface area (Å²) in [5, 5.41) is 3.46. The van der Waals surface area contributed by atoms with Gasteiger partial charge in [-0.25, -0.2) is 17.9 Å². The molecule has 2 aliphatic heterocycles. The van der Waals surface area contributed by atoms with Gasteiger partial charge in [0, 0.05) is 37.0 Å². The number of amides is 3. The molecule has 2 saturated heterocycles. The molecule has 0 bridgehead atoms. The second kappa shape index (κ2) is 7.14. The van der Waals surface area contributed by atoms with Gasteiger partial charge in [0.05, 0.1) is 16.5 Å². The van der Waals surface area contributed by atoms with Gasteiger partial charge in [-0.15, -0.1) is 11.8 Å². The molecular formula is C18H30N4O4S2. The van der Waals surface area contributed by atoms with Gasteiger partial charge in [-0.1, -0.05) is 0 Å². The molecule has 0 radical (unpaired) electrons. The van der Waals surface area contributed by atoms with Crippen LogP contribution in [0.2, 0.25) is 0 Å². The Morgan fingerprint density at radius 2 is 2.00 bits per heavy atom. The molecule has 0 aromatic heterocycles. The number of hydrogen-bond acceptors (Lipinski definition) is 6. The fourth-order valence-corrected chi connectivity index (χ4v) is 7.83. The summed E-state index contributed by atoms with van der Waals surface area (Å²) in [5.74, 6) is -0.684. The Kier molecular flexibility index (Phi) is 5.21. The molecule has 5 unspecified atom stereocenters. The third-order valence-corrected chi connectivity index (χ3v) is 9.96. The van der Waals surface area contributed by atoms with Crippen molar-refractivity contribution in [2.45, 2.75) is 73.4 Å². The molecule has 10 heteroatoms. The number of thioether (sulfide) groups is 1. The Morgan fingerprint density at radius 1 is 1.29 bits per heavy atom. The maximum absolute atomic E-state index is 12.8. The van der Waals surface area contributed by atoms with Crippen LogP contribution in [0.25, 0.3) is 0 Å². The van der Waals surface area contributed by atoms with Crippen LogP contribution in [0.3, 0.4) is 0 Å². The first-order valence-corrected chi connectivity index (χ1v) is 12.6. The molecule has 3 amide bonds. The van der Waals surface area contributed by atoms with E-state index in [9.17, 15) is 18.0 Å². The summed E-state index contributed by atoms with van der Waals surface area (Å²) >= 11 is 1.81. The van der Waals surface area contributed by atoms with Gasteiger partial charge in [0.1, 0.15) is 0 Å². The summed E-state index contributed by atoms with van der Waals surface area (Å²) in [4.78, 5) is 28.6. The summed E-state index contributed by atoms with van der Waals surface area (Å²) < 4.78 is 28.5. The van der Waals surface area contributed by atoms with Crippen LogP contribution in [-0.2, 0) is 14.8 Å². The van der Waals surface area contributed by atoms with Crippen molar-refractivity contribution in [1.82, 2.24) is 19.8 Å². The zero-order valence-corrected chi connectivity index (χ0v) is 18.3. The number of urea groups is 1. The molecule has 2 N–H and O–H groups in total. The van der Waals surface area contributed by atoms with Crippen LogP contribution >= 0.6 is 11.8 Å². The van der Waals surface area contributed by atoms with Crippen molar-refractivity contribution in [1.29, 1.82) is 0 Å². The maximum Gasteiger partial charge on any atom is 0.326 e. The molecule has 8 nitrogen and oxygen atoms in total. The lowest BCUT2D eigenvalue weighted by atomic mass is 9.81. The molecule has 0 spiro atoms. The van der Waals surface area contributed by atoms with E-state index < -0.39 is 21.2 Å². The van der Waals surface area contributed by atoms with Gasteiger partial charge < -0.3 is 10.2 Å². The second-order valence-corrected chi connectivity index (χ2v) is 12.6.